The molecule has 0 spiro atoms. The van der Waals surface area contributed by atoms with Gasteiger partial charge in [0.1, 0.15) is 11.6 Å². The Hall–Kier alpha value is -0.740. The smallest absolute Gasteiger partial charge is 0.234 e. The van der Waals surface area contributed by atoms with Crippen molar-refractivity contribution in [2.24, 2.45) is 0 Å². The van der Waals surface area contributed by atoms with Crippen molar-refractivity contribution in [1.29, 1.82) is 0 Å². The van der Waals surface area contributed by atoms with Crippen molar-refractivity contribution in [1.82, 2.24) is 5.32 Å². The van der Waals surface area contributed by atoms with Crippen LogP contribution in [-0.4, -0.2) is 25.4 Å². The van der Waals surface area contributed by atoms with E-state index in [9.17, 15) is 4.79 Å². The fraction of sp³-hybridized carbons (Fsp3) is 0.364. The van der Waals surface area contributed by atoms with E-state index in [4.69, 9.17) is 16.3 Å². The molecule has 0 aromatic heterocycles. The first-order valence-corrected chi connectivity index (χ1v) is 6.15. The summed E-state index contributed by atoms with van der Waals surface area (Å²) in [5.41, 5.74) is 1.11. The third kappa shape index (κ3) is 4.02. The summed E-state index contributed by atoms with van der Waals surface area (Å²) in [5, 5.41) is 2.71. The molecule has 16 heavy (non-hydrogen) atoms. The van der Waals surface area contributed by atoms with Gasteiger partial charge in [-0.1, -0.05) is 6.07 Å². The van der Waals surface area contributed by atoms with Crippen LogP contribution in [0.4, 0.5) is 0 Å². The summed E-state index contributed by atoms with van der Waals surface area (Å²) in [4.78, 5) is 10.9. The van der Waals surface area contributed by atoms with Gasteiger partial charge in [0.15, 0.2) is 0 Å². The predicted molar refractivity (Wildman–Crippen MR) is 68.1 cm³/mol. The van der Waals surface area contributed by atoms with Crippen LogP contribution in [0.2, 0.25) is 0 Å². The lowest BCUT2D eigenvalue weighted by Gasteiger charge is -2.07. The number of hydrogen-bond acceptors (Lipinski definition) is 2. The molecule has 0 unspecified atom stereocenters. The van der Waals surface area contributed by atoms with Gasteiger partial charge in [0.05, 0.1) is 11.6 Å². The molecule has 0 aliphatic heterocycles. The largest absolute Gasteiger partial charge is 0.496 e. The predicted octanol–water partition coefficient (Wildman–Crippen LogP) is 2.36. The van der Waals surface area contributed by atoms with E-state index in [0.717, 1.165) is 22.2 Å². The molecule has 0 saturated carbocycles. The summed E-state index contributed by atoms with van der Waals surface area (Å²) in [6, 6.07) is 5.86. The Morgan fingerprint density at radius 1 is 1.56 bits per heavy atom. The monoisotopic (exact) mass is 305 g/mol. The Morgan fingerprint density at radius 2 is 2.31 bits per heavy atom. The minimum Gasteiger partial charge on any atom is -0.496 e. The second-order valence-corrected chi connectivity index (χ2v) is 4.32. The average Bonchev–Trinajstić information content (AvgIpc) is 2.31. The van der Waals surface area contributed by atoms with Gasteiger partial charge in [0.2, 0.25) is 5.91 Å². The van der Waals surface area contributed by atoms with Crippen molar-refractivity contribution in [2.45, 2.75) is 6.42 Å². The fourth-order valence-corrected chi connectivity index (χ4v) is 1.76. The van der Waals surface area contributed by atoms with E-state index in [2.05, 4.69) is 21.2 Å². The van der Waals surface area contributed by atoms with Crippen LogP contribution in [-0.2, 0) is 11.2 Å². The van der Waals surface area contributed by atoms with E-state index in [-0.39, 0.29) is 11.8 Å². The number of hydrogen-bond donors (Lipinski definition) is 1. The molecule has 0 bridgehead atoms. The molecule has 1 rings (SSSR count). The number of ether oxygens (including phenoxy) is 1. The average molecular weight is 307 g/mol. The zero-order valence-corrected chi connectivity index (χ0v) is 11.3. The van der Waals surface area contributed by atoms with Gasteiger partial charge in [-0.05, 0) is 40.0 Å². The molecular weight excluding hydrogens is 293 g/mol. The molecule has 1 N–H and O–H groups in total. The highest BCUT2D eigenvalue weighted by Crippen LogP contribution is 2.25. The number of amides is 1. The lowest BCUT2D eigenvalue weighted by atomic mass is 10.1. The van der Waals surface area contributed by atoms with E-state index in [1.807, 2.05) is 18.2 Å². The van der Waals surface area contributed by atoms with Crippen molar-refractivity contribution in [3.05, 3.63) is 28.2 Å². The summed E-state index contributed by atoms with van der Waals surface area (Å²) in [6.45, 7) is 0.580. The van der Waals surface area contributed by atoms with Crippen molar-refractivity contribution >= 4 is 33.4 Å². The fourth-order valence-electron chi connectivity index (χ4n) is 1.25. The molecule has 0 saturated heterocycles. The van der Waals surface area contributed by atoms with E-state index in [0.29, 0.717) is 6.54 Å². The summed E-state index contributed by atoms with van der Waals surface area (Å²) < 4.78 is 6.10. The Labute approximate surface area is 108 Å². The highest BCUT2D eigenvalue weighted by molar-refractivity contribution is 9.10. The Morgan fingerprint density at radius 3 is 2.94 bits per heavy atom. The molecule has 0 aliphatic carbocycles. The zero-order chi connectivity index (χ0) is 12.0. The number of halogens is 2. The number of benzene rings is 1. The second-order valence-electron chi connectivity index (χ2n) is 3.20. The maximum Gasteiger partial charge on any atom is 0.234 e. The SMILES string of the molecule is COc1cc(CCNC(=O)CCl)ccc1Br. The Balaban J connectivity index is 2.51. The molecule has 5 heteroatoms. The molecule has 1 amide bonds. The van der Waals surface area contributed by atoms with E-state index >= 15 is 0 Å². The van der Waals surface area contributed by atoms with Gasteiger partial charge in [0, 0.05) is 6.54 Å². The van der Waals surface area contributed by atoms with Gasteiger partial charge in [-0.3, -0.25) is 4.79 Å². The quantitative estimate of drug-likeness (QED) is 0.848. The van der Waals surface area contributed by atoms with Crippen LogP contribution in [0.5, 0.6) is 5.75 Å². The molecule has 1 aromatic rings. The van der Waals surface area contributed by atoms with E-state index in [1.165, 1.54) is 0 Å². The Bertz CT molecular complexity index is 371. The number of rotatable bonds is 5. The first kappa shape index (κ1) is 13.3. The summed E-state index contributed by atoms with van der Waals surface area (Å²) in [5.74, 6) is 0.649. The van der Waals surface area contributed by atoms with Crippen LogP contribution < -0.4 is 10.1 Å². The molecule has 3 nitrogen and oxygen atoms in total. The number of methoxy groups -OCH3 is 1. The van der Waals surface area contributed by atoms with Crippen molar-refractivity contribution < 1.29 is 9.53 Å². The van der Waals surface area contributed by atoms with Crippen molar-refractivity contribution in [2.75, 3.05) is 19.5 Å². The van der Waals surface area contributed by atoms with E-state index < -0.39 is 0 Å². The summed E-state index contributed by atoms with van der Waals surface area (Å²) in [6.07, 6.45) is 0.756. The van der Waals surface area contributed by atoms with Gasteiger partial charge in [-0.25, -0.2) is 0 Å². The first-order valence-electron chi connectivity index (χ1n) is 4.82. The summed E-state index contributed by atoms with van der Waals surface area (Å²) >= 11 is 8.74. The highest BCUT2D eigenvalue weighted by Gasteiger charge is 2.02. The third-order valence-electron chi connectivity index (χ3n) is 2.07. The topological polar surface area (TPSA) is 38.3 Å². The van der Waals surface area contributed by atoms with Gasteiger partial charge in [-0.2, -0.15) is 0 Å². The highest BCUT2D eigenvalue weighted by atomic mass is 79.9. The van der Waals surface area contributed by atoms with Crippen LogP contribution in [0.25, 0.3) is 0 Å². The van der Waals surface area contributed by atoms with Gasteiger partial charge >= 0.3 is 0 Å². The number of carbonyl (C=O) groups is 1. The Kier molecular flexibility index (Phi) is 5.63. The molecule has 0 radical (unpaired) electrons. The normalized spacial score (nSPS) is 9.94. The standard InChI is InChI=1S/C11H13BrClNO2/c1-16-10-6-8(2-3-9(10)12)4-5-14-11(15)7-13/h2-3,6H,4-5,7H2,1H3,(H,14,15). The molecule has 0 atom stereocenters. The third-order valence-corrected chi connectivity index (χ3v) is 2.97. The number of alkyl halides is 1. The van der Waals surface area contributed by atoms with Gasteiger partial charge in [0.25, 0.3) is 0 Å². The lowest BCUT2D eigenvalue weighted by molar-refractivity contribution is -0.118. The van der Waals surface area contributed by atoms with Crippen LogP contribution in [0.1, 0.15) is 5.56 Å². The second kappa shape index (κ2) is 6.76. The number of nitrogens with one attached hydrogen (secondary N) is 1. The first-order chi connectivity index (χ1) is 7.67. The lowest BCUT2D eigenvalue weighted by Crippen LogP contribution is -2.26. The molecule has 88 valence electrons. The minimum absolute atomic E-state index is 0.00363. The van der Waals surface area contributed by atoms with Crippen LogP contribution in [0.3, 0.4) is 0 Å². The van der Waals surface area contributed by atoms with Gasteiger partial charge in [-0.15, -0.1) is 11.6 Å². The zero-order valence-electron chi connectivity index (χ0n) is 8.93. The van der Waals surface area contributed by atoms with E-state index in [1.54, 1.807) is 7.11 Å². The van der Waals surface area contributed by atoms with Crippen molar-refractivity contribution in [3.8, 4) is 5.75 Å². The minimum atomic E-state index is -0.147. The number of carbonyl (C=O) groups excluding carboxylic acids is 1. The van der Waals surface area contributed by atoms with Crippen molar-refractivity contribution in [3.63, 3.8) is 0 Å². The molecule has 0 heterocycles. The van der Waals surface area contributed by atoms with Crippen LogP contribution >= 0.6 is 27.5 Å². The van der Waals surface area contributed by atoms with Crippen LogP contribution in [0.15, 0.2) is 22.7 Å². The van der Waals surface area contributed by atoms with Crippen LogP contribution in [0, 0.1) is 0 Å². The molecule has 0 fully saturated rings. The molecule has 0 aliphatic rings. The molecular formula is C11H13BrClNO2. The molecule has 1 aromatic carbocycles. The summed E-state index contributed by atoms with van der Waals surface area (Å²) in [7, 11) is 1.62. The maximum absolute atomic E-state index is 10.9. The van der Waals surface area contributed by atoms with Gasteiger partial charge < -0.3 is 10.1 Å². The maximum atomic E-state index is 10.9.